The fraction of sp³-hybridized carbons (Fsp3) is 0.531. The van der Waals surface area contributed by atoms with Crippen LogP contribution in [0.15, 0.2) is 48.5 Å². The molecule has 3 amide bonds. The van der Waals surface area contributed by atoms with E-state index in [0.717, 1.165) is 56.2 Å². The van der Waals surface area contributed by atoms with Gasteiger partial charge in [0, 0.05) is 30.4 Å². The largest absolute Gasteiger partial charge is 0.358 e. The van der Waals surface area contributed by atoms with Crippen LogP contribution < -0.4 is 10.6 Å². The minimum Gasteiger partial charge on any atom is -0.358 e. The summed E-state index contributed by atoms with van der Waals surface area (Å²) in [6.45, 7) is 9.78. The molecule has 2 aromatic carbocycles. The molecule has 204 valence electrons. The van der Waals surface area contributed by atoms with Crippen molar-refractivity contribution in [3.8, 4) is 0 Å². The van der Waals surface area contributed by atoms with Crippen molar-refractivity contribution in [1.82, 2.24) is 10.2 Å². The summed E-state index contributed by atoms with van der Waals surface area (Å²) >= 11 is 0. The van der Waals surface area contributed by atoms with Crippen LogP contribution >= 0.6 is 0 Å². The van der Waals surface area contributed by atoms with Crippen LogP contribution in [0.1, 0.15) is 80.8 Å². The molecule has 0 spiro atoms. The number of likely N-dealkylation sites (tertiary alicyclic amines) is 1. The zero-order valence-electron chi connectivity index (χ0n) is 23.3. The summed E-state index contributed by atoms with van der Waals surface area (Å²) in [6.07, 6.45) is 6.33. The van der Waals surface area contributed by atoms with E-state index in [-0.39, 0.29) is 35.1 Å². The molecule has 1 aliphatic carbocycles. The lowest BCUT2D eigenvalue weighted by molar-refractivity contribution is -0.124. The fourth-order valence-corrected chi connectivity index (χ4v) is 6.43. The molecule has 0 aromatic heterocycles. The van der Waals surface area contributed by atoms with E-state index in [1.807, 2.05) is 48.2 Å². The van der Waals surface area contributed by atoms with Crippen molar-refractivity contribution in [1.29, 1.82) is 0 Å². The maximum Gasteiger partial charge on any atom is 0.254 e. The highest BCUT2D eigenvalue weighted by molar-refractivity contribution is 5.97. The van der Waals surface area contributed by atoms with Crippen LogP contribution in [0.25, 0.3) is 0 Å². The van der Waals surface area contributed by atoms with Crippen molar-refractivity contribution in [3.05, 3.63) is 65.2 Å². The van der Waals surface area contributed by atoms with Gasteiger partial charge in [0.2, 0.25) is 12.3 Å². The number of anilines is 1. The van der Waals surface area contributed by atoms with Crippen LogP contribution in [-0.2, 0) is 15.0 Å². The van der Waals surface area contributed by atoms with Crippen molar-refractivity contribution in [3.63, 3.8) is 0 Å². The normalized spacial score (nSPS) is 23.9. The predicted octanol–water partition coefficient (Wildman–Crippen LogP) is 5.70. The Morgan fingerprint density at radius 2 is 1.82 bits per heavy atom. The monoisotopic (exact) mass is 517 g/mol. The third-order valence-corrected chi connectivity index (χ3v) is 8.45. The number of nitrogens with zero attached hydrogens (tertiary/aromatic N) is 1. The lowest BCUT2D eigenvalue weighted by Gasteiger charge is -2.47. The first-order valence-corrected chi connectivity index (χ1v) is 14.1. The molecule has 38 heavy (non-hydrogen) atoms. The third-order valence-electron chi connectivity index (χ3n) is 8.45. The topological polar surface area (TPSA) is 78.5 Å². The van der Waals surface area contributed by atoms with Gasteiger partial charge in [-0.2, -0.15) is 0 Å². The quantitative estimate of drug-likeness (QED) is 0.462. The van der Waals surface area contributed by atoms with Crippen LogP contribution in [0.4, 0.5) is 5.69 Å². The van der Waals surface area contributed by atoms with Gasteiger partial charge in [0.1, 0.15) is 0 Å². The Kier molecular flexibility index (Phi) is 8.91. The number of hydrogen-bond acceptors (Lipinski definition) is 3. The molecule has 1 aliphatic heterocycles. The Morgan fingerprint density at radius 1 is 1.03 bits per heavy atom. The Bertz CT molecular complexity index is 1140. The van der Waals surface area contributed by atoms with E-state index in [1.54, 1.807) is 0 Å². The first kappa shape index (κ1) is 27.9. The van der Waals surface area contributed by atoms with Gasteiger partial charge in [-0.05, 0) is 85.6 Å². The number of rotatable bonds is 7. The lowest BCUT2D eigenvalue weighted by atomic mass is 9.71. The number of carbonyl (C=O) groups is 3. The molecule has 6 heteroatoms. The molecule has 2 aliphatic rings. The number of hydrogen-bond donors (Lipinski definition) is 2. The summed E-state index contributed by atoms with van der Waals surface area (Å²) in [4.78, 5) is 40.8. The second-order valence-electron chi connectivity index (χ2n) is 12.2. The van der Waals surface area contributed by atoms with Gasteiger partial charge in [-0.1, -0.05) is 57.5 Å². The van der Waals surface area contributed by atoms with Gasteiger partial charge in [0.15, 0.2) is 0 Å². The molecule has 0 radical (unpaired) electrons. The van der Waals surface area contributed by atoms with Crippen LogP contribution in [-0.4, -0.2) is 42.3 Å². The molecule has 1 saturated carbocycles. The molecule has 2 aromatic rings. The van der Waals surface area contributed by atoms with Crippen molar-refractivity contribution < 1.29 is 14.4 Å². The Labute approximate surface area is 227 Å². The molecule has 4 rings (SSSR count). The summed E-state index contributed by atoms with van der Waals surface area (Å²) in [5.74, 6) is 0.318. The molecule has 1 saturated heterocycles. The standard InChI is InChI=1S/C32H43N3O3/c1-22-10-5-6-15-27(22)31(38)35-17-9-16-28(29(35)24-12-7-11-23(18-24)20-33-21-36)30(37)34-26-14-8-13-25(19-26)32(2,3)4/h5-6,8,10,13-15,19,21,23-24,28-29H,7,9,11-12,16-18,20H2,1-4H3,(H,33,36)(H,34,37)/t23-,24?,28?,29?/m1/s1. The number of aryl methyl sites for hydroxylation is 1. The van der Waals surface area contributed by atoms with E-state index in [9.17, 15) is 14.4 Å². The molecular formula is C32H43N3O3. The van der Waals surface area contributed by atoms with Gasteiger partial charge in [-0.3, -0.25) is 14.4 Å². The molecule has 1 heterocycles. The van der Waals surface area contributed by atoms with E-state index in [1.165, 1.54) is 5.56 Å². The van der Waals surface area contributed by atoms with E-state index in [2.05, 4.69) is 43.5 Å². The van der Waals surface area contributed by atoms with E-state index in [0.29, 0.717) is 24.6 Å². The summed E-state index contributed by atoms with van der Waals surface area (Å²) < 4.78 is 0. The van der Waals surface area contributed by atoms with Crippen molar-refractivity contribution in [2.24, 2.45) is 17.8 Å². The number of piperidine rings is 1. The maximum absolute atomic E-state index is 13.9. The number of amides is 3. The molecule has 4 atom stereocenters. The van der Waals surface area contributed by atoms with Gasteiger partial charge in [-0.25, -0.2) is 0 Å². The van der Waals surface area contributed by atoms with Crippen LogP contribution in [0.2, 0.25) is 0 Å². The number of carbonyl (C=O) groups excluding carboxylic acids is 3. The fourth-order valence-electron chi connectivity index (χ4n) is 6.43. The number of nitrogens with one attached hydrogen (secondary N) is 2. The summed E-state index contributed by atoms with van der Waals surface area (Å²) in [5.41, 5.74) is 3.63. The first-order chi connectivity index (χ1) is 18.2. The molecule has 0 bridgehead atoms. The number of benzene rings is 2. The molecule has 3 unspecified atom stereocenters. The molecule has 6 nitrogen and oxygen atoms in total. The van der Waals surface area contributed by atoms with E-state index in [4.69, 9.17) is 0 Å². The SMILES string of the molecule is Cc1ccccc1C(=O)N1CCCC(C(=O)Nc2cccc(C(C)(C)C)c2)C1C1CCC[C@@H](CNC=O)C1. The van der Waals surface area contributed by atoms with Crippen LogP contribution in [0, 0.1) is 24.7 Å². The Morgan fingerprint density at radius 3 is 2.55 bits per heavy atom. The minimum atomic E-state index is -0.280. The second-order valence-corrected chi connectivity index (χ2v) is 12.2. The van der Waals surface area contributed by atoms with Gasteiger partial charge >= 0.3 is 0 Å². The van der Waals surface area contributed by atoms with Crippen molar-refractivity contribution >= 4 is 23.9 Å². The van der Waals surface area contributed by atoms with E-state index < -0.39 is 0 Å². The molecular weight excluding hydrogens is 474 g/mol. The summed E-state index contributed by atoms with van der Waals surface area (Å²) in [7, 11) is 0. The van der Waals surface area contributed by atoms with Crippen LogP contribution in [0.5, 0.6) is 0 Å². The van der Waals surface area contributed by atoms with Gasteiger partial charge < -0.3 is 15.5 Å². The zero-order valence-corrected chi connectivity index (χ0v) is 23.3. The maximum atomic E-state index is 13.9. The average molecular weight is 518 g/mol. The summed E-state index contributed by atoms with van der Waals surface area (Å²) in [6, 6.07) is 15.7. The van der Waals surface area contributed by atoms with Crippen molar-refractivity contribution in [2.45, 2.75) is 77.7 Å². The Hall–Kier alpha value is -3.15. The highest BCUT2D eigenvalue weighted by Crippen LogP contribution is 2.40. The second kappa shape index (κ2) is 12.1. The third kappa shape index (κ3) is 6.46. The zero-order chi connectivity index (χ0) is 27.3. The van der Waals surface area contributed by atoms with Crippen LogP contribution in [0.3, 0.4) is 0 Å². The lowest BCUT2D eigenvalue weighted by Crippen LogP contribution is -2.56. The summed E-state index contributed by atoms with van der Waals surface area (Å²) in [5, 5.41) is 6.07. The molecule has 2 N–H and O–H groups in total. The predicted molar refractivity (Wildman–Crippen MR) is 152 cm³/mol. The van der Waals surface area contributed by atoms with Crippen molar-refractivity contribution in [2.75, 3.05) is 18.4 Å². The Balaban J connectivity index is 1.63. The minimum absolute atomic E-state index is 0.00326. The first-order valence-electron chi connectivity index (χ1n) is 14.1. The highest BCUT2D eigenvalue weighted by atomic mass is 16.2. The average Bonchev–Trinajstić information content (AvgIpc) is 2.91. The molecule has 2 fully saturated rings. The highest BCUT2D eigenvalue weighted by Gasteiger charge is 2.44. The van der Waals surface area contributed by atoms with Gasteiger partial charge in [0.05, 0.1) is 5.92 Å². The smallest absolute Gasteiger partial charge is 0.254 e. The van der Waals surface area contributed by atoms with Gasteiger partial charge in [-0.15, -0.1) is 0 Å². The van der Waals surface area contributed by atoms with E-state index >= 15 is 0 Å². The van der Waals surface area contributed by atoms with Gasteiger partial charge in [0.25, 0.3) is 5.91 Å².